The van der Waals surface area contributed by atoms with Crippen LogP contribution in [0.5, 0.6) is 5.75 Å². The highest BCUT2D eigenvalue weighted by Gasteiger charge is 2.52. The van der Waals surface area contributed by atoms with Crippen LogP contribution in [-0.4, -0.2) is 32.3 Å². The summed E-state index contributed by atoms with van der Waals surface area (Å²) >= 11 is 0. The molecule has 2 aliphatic rings. The van der Waals surface area contributed by atoms with E-state index in [-0.39, 0.29) is 17.4 Å². The predicted molar refractivity (Wildman–Crippen MR) is 191 cm³/mol. The lowest BCUT2D eigenvalue weighted by atomic mass is 9.49. The number of carboxylic acids is 1. The minimum atomic E-state index is -1.01. The van der Waals surface area contributed by atoms with Crippen LogP contribution in [0.15, 0.2) is 84.9 Å². The molecule has 0 amide bonds. The fourth-order valence-electron chi connectivity index (χ4n) is 8.96. The molecule has 7 rings (SSSR count). The molecule has 1 saturated carbocycles. The molecule has 1 fully saturated rings. The van der Waals surface area contributed by atoms with Gasteiger partial charge in [-0.15, -0.1) is 0 Å². The zero-order valence-electron chi connectivity index (χ0n) is 28.5. The first-order valence-electron chi connectivity index (χ1n) is 17.4. The van der Waals surface area contributed by atoms with Crippen molar-refractivity contribution in [1.29, 1.82) is 0 Å². The lowest BCUT2D eigenvalue weighted by Gasteiger charge is -2.56. The average molecular weight is 643 g/mol. The van der Waals surface area contributed by atoms with E-state index in [1.165, 1.54) is 30.4 Å². The molecular formula is C42H46N2O4. The maximum atomic E-state index is 11.3. The van der Waals surface area contributed by atoms with Crippen molar-refractivity contribution >= 4 is 17.0 Å². The van der Waals surface area contributed by atoms with Gasteiger partial charge in [-0.3, -0.25) is 0 Å². The molecule has 6 heteroatoms. The molecule has 6 nitrogen and oxygen atoms in total. The third-order valence-electron chi connectivity index (χ3n) is 11.3. The Morgan fingerprint density at radius 1 is 0.958 bits per heavy atom. The molecular weight excluding hydrogens is 596 g/mol. The number of hydrogen-bond acceptors (Lipinski definition) is 4. The van der Waals surface area contributed by atoms with Crippen molar-refractivity contribution in [2.24, 2.45) is 11.3 Å². The number of aromatic nitrogens is 2. The molecule has 2 aliphatic carbocycles. The highest BCUT2D eigenvalue weighted by Crippen LogP contribution is 2.58. The van der Waals surface area contributed by atoms with Gasteiger partial charge in [0.25, 0.3) is 0 Å². The number of aliphatic hydroxyl groups excluding tert-OH is 1. The monoisotopic (exact) mass is 642 g/mol. The molecule has 0 radical (unpaired) electrons. The molecule has 248 valence electrons. The fourth-order valence-corrected chi connectivity index (χ4v) is 8.96. The summed E-state index contributed by atoms with van der Waals surface area (Å²) in [7, 11) is 0. The van der Waals surface area contributed by atoms with Crippen LogP contribution in [0, 0.1) is 11.3 Å². The minimum absolute atomic E-state index is 0.00280. The average Bonchev–Trinajstić information content (AvgIpc) is 3.44. The van der Waals surface area contributed by atoms with Gasteiger partial charge in [-0.2, -0.15) is 0 Å². The van der Waals surface area contributed by atoms with Crippen molar-refractivity contribution in [1.82, 2.24) is 9.55 Å². The van der Waals surface area contributed by atoms with Gasteiger partial charge in [0, 0.05) is 12.1 Å². The van der Waals surface area contributed by atoms with Crippen LogP contribution in [0.4, 0.5) is 0 Å². The van der Waals surface area contributed by atoms with Gasteiger partial charge in [-0.05, 0) is 112 Å². The van der Waals surface area contributed by atoms with E-state index in [0.29, 0.717) is 17.6 Å². The van der Waals surface area contributed by atoms with Crippen molar-refractivity contribution in [2.45, 2.75) is 84.3 Å². The largest absolute Gasteiger partial charge is 0.482 e. The highest BCUT2D eigenvalue weighted by atomic mass is 16.5. The zero-order valence-corrected chi connectivity index (χ0v) is 28.5. The zero-order chi connectivity index (χ0) is 33.6. The van der Waals surface area contributed by atoms with E-state index in [1.807, 2.05) is 36.4 Å². The number of aryl methyl sites for hydroxylation is 1. The first-order valence-corrected chi connectivity index (χ1v) is 17.4. The number of rotatable bonds is 9. The second-order valence-electron chi connectivity index (χ2n) is 14.9. The first-order chi connectivity index (χ1) is 23.1. The third kappa shape index (κ3) is 5.81. The Kier molecular flexibility index (Phi) is 8.41. The smallest absolute Gasteiger partial charge is 0.341 e. The van der Waals surface area contributed by atoms with Crippen molar-refractivity contribution in [3.63, 3.8) is 0 Å². The highest BCUT2D eigenvalue weighted by molar-refractivity contribution is 5.86. The standard InChI is InChI=1S/C42H46N2O4/c1-27(2)29-12-15-35-32(21-29)14-17-38-41(3,18-7-19-42(35,38)4)26-44-37-16-13-31(30-9-5-8-28(20-30)24-45)23-36(37)43-40(44)33-10-6-11-34(22-33)48-25-39(46)47/h5-6,8-13,15-16,20-23,27,38,45H,7,14,17-19,24-26H2,1-4H3,(H,46,47)/t38-,41-,42+/m0/s1. The fraction of sp³-hybridized carbons (Fsp3) is 0.381. The Morgan fingerprint density at radius 2 is 1.75 bits per heavy atom. The number of aliphatic hydroxyl groups is 1. The third-order valence-corrected chi connectivity index (χ3v) is 11.3. The number of benzene rings is 4. The molecule has 3 atom stereocenters. The van der Waals surface area contributed by atoms with Gasteiger partial charge in [-0.25, -0.2) is 9.78 Å². The van der Waals surface area contributed by atoms with Gasteiger partial charge in [0.2, 0.25) is 0 Å². The molecule has 0 unspecified atom stereocenters. The quantitative estimate of drug-likeness (QED) is 0.168. The molecule has 2 N–H and O–H groups in total. The van der Waals surface area contributed by atoms with E-state index in [9.17, 15) is 15.0 Å². The van der Waals surface area contributed by atoms with Gasteiger partial charge in [0.05, 0.1) is 17.6 Å². The molecule has 0 saturated heterocycles. The lowest BCUT2D eigenvalue weighted by molar-refractivity contribution is -0.139. The second kappa shape index (κ2) is 12.6. The number of nitrogens with zero attached hydrogens (tertiary/aromatic N) is 2. The normalized spacial score (nSPS) is 22.0. The summed E-state index contributed by atoms with van der Waals surface area (Å²) in [6, 6.07) is 29.4. The van der Waals surface area contributed by atoms with Crippen LogP contribution in [0.25, 0.3) is 33.5 Å². The van der Waals surface area contributed by atoms with Gasteiger partial charge in [0.1, 0.15) is 11.6 Å². The van der Waals surface area contributed by atoms with Crippen LogP contribution in [-0.2, 0) is 29.8 Å². The number of fused-ring (bicyclic) bond motifs is 4. The minimum Gasteiger partial charge on any atom is -0.482 e. The Bertz CT molecular complexity index is 1990. The van der Waals surface area contributed by atoms with Crippen molar-refractivity contribution < 1.29 is 19.7 Å². The topological polar surface area (TPSA) is 84.6 Å². The van der Waals surface area contributed by atoms with Crippen LogP contribution in [0.3, 0.4) is 0 Å². The number of carbonyl (C=O) groups is 1. The summed E-state index contributed by atoms with van der Waals surface area (Å²) in [5.74, 6) is 1.41. The molecule has 1 heterocycles. The molecule has 0 bridgehead atoms. The molecule has 0 spiro atoms. The van der Waals surface area contributed by atoms with E-state index in [1.54, 1.807) is 11.6 Å². The number of hydrogen-bond donors (Lipinski definition) is 2. The summed E-state index contributed by atoms with van der Waals surface area (Å²) in [4.78, 5) is 16.5. The second-order valence-corrected chi connectivity index (χ2v) is 14.9. The molecule has 1 aromatic heterocycles. The van der Waals surface area contributed by atoms with Gasteiger partial charge in [0.15, 0.2) is 6.61 Å². The van der Waals surface area contributed by atoms with E-state index in [0.717, 1.165) is 58.5 Å². The van der Waals surface area contributed by atoms with Crippen molar-refractivity contribution in [3.05, 3.63) is 107 Å². The number of ether oxygens (including phenoxy) is 1. The predicted octanol–water partition coefficient (Wildman–Crippen LogP) is 9.16. The van der Waals surface area contributed by atoms with Gasteiger partial charge in [-0.1, -0.05) is 88.7 Å². The first kappa shape index (κ1) is 32.1. The van der Waals surface area contributed by atoms with Crippen LogP contribution < -0.4 is 4.74 Å². The Hall–Kier alpha value is -4.42. The maximum absolute atomic E-state index is 11.3. The van der Waals surface area contributed by atoms with Crippen molar-refractivity contribution in [3.8, 4) is 28.3 Å². The van der Waals surface area contributed by atoms with E-state index in [4.69, 9.17) is 9.72 Å². The van der Waals surface area contributed by atoms with Gasteiger partial charge < -0.3 is 19.5 Å². The summed E-state index contributed by atoms with van der Waals surface area (Å²) in [5.41, 5.74) is 10.5. The van der Waals surface area contributed by atoms with Crippen LogP contribution in [0.1, 0.15) is 81.5 Å². The van der Waals surface area contributed by atoms with Gasteiger partial charge >= 0.3 is 5.97 Å². The Balaban J connectivity index is 1.32. The maximum Gasteiger partial charge on any atom is 0.341 e. The van der Waals surface area contributed by atoms with E-state index >= 15 is 0 Å². The lowest BCUT2D eigenvalue weighted by Crippen LogP contribution is -2.50. The molecule has 5 aromatic rings. The summed E-state index contributed by atoms with van der Waals surface area (Å²) in [5, 5.41) is 19.0. The van der Waals surface area contributed by atoms with E-state index in [2.05, 4.69) is 74.7 Å². The summed E-state index contributed by atoms with van der Waals surface area (Å²) in [6.07, 6.45) is 5.83. The molecule has 4 aromatic carbocycles. The SMILES string of the molecule is CC(C)c1ccc2c(c1)CC[C@H]1[C@](C)(Cn3c(-c4cccc(OCC(=O)O)c4)nc4cc(-c5cccc(CO)c5)ccc43)CCC[C@]21C. The molecule has 0 aliphatic heterocycles. The van der Waals surface area contributed by atoms with Crippen LogP contribution >= 0.6 is 0 Å². The number of imidazole rings is 1. The summed E-state index contributed by atoms with van der Waals surface area (Å²) in [6.45, 7) is 10.0. The van der Waals surface area contributed by atoms with Crippen LogP contribution in [0.2, 0.25) is 0 Å². The Morgan fingerprint density at radius 3 is 2.54 bits per heavy atom. The Labute approximate surface area is 283 Å². The van der Waals surface area contributed by atoms with E-state index < -0.39 is 12.6 Å². The summed E-state index contributed by atoms with van der Waals surface area (Å²) < 4.78 is 8.00. The molecule has 48 heavy (non-hydrogen) atoms. The number of aliphatic carboxylic acids is 1. The van der Waals surface area contributed by atoms with Crippen molar-refractivity contribution in [2.75, 3.05) is 6.61 Å². The number of carboxylic acid groups (broad SMARTS) is 1.